The number of likely N-dealkylation sites (tertiary alicyclic amines) is 1. The summed E-state index contributed by atoms with van der Waals surface area (Å²) in [6.45, 7) is 6.06. The molecule has 0 aromatic rings. The van der Waals surface area contributed by atoms with E-state index in [4.69, 9.17) is 4.74 Å². The molecule has 3 nitrogen and oxygen atoms in total. The van der Waals surface area contributed by atoms with Crippen LogP contribution in [0, 0.1) is 5.92 Å². The molecular formula is C11H18FNO2. The Kier molecular flexibility index (Phi) is 2.40. The van der Waals surface area contributed by atoms with Crippen LogP contribution in [0.2, 0.25) is 0 Å². The first kappa shape index (κ1) is 10.7. The minimum absolute atomic E-state index is 0.0440. The van der Waals surface area contributed by atoms with Gasteiger partial charge in [0.1, 0.15) is 11.8 Å². The lowest BCUT2D eigenvalue weighted by molar-refractivity contribution is 0.0147. The van der Waals surface area contributed by atoms with Crippen LogP contribution >= 0.6 is 0 Å². The minimum atomic E-state index is -0.714. The molecule has 0 N–H and O–H groups in total. The molecule has 86 valence electrons. The van der Waals surface area contributed by atoms with Crippen molar-refractivity contribution in [2.75, 3.05) is 6.54 Å². The van der Waals surface area contributed by atoms with Crippen molar-refractivity contribution in [3.8, 4) is 0 Å². The summed E-state index contributed by atoms with van der Waals surface area (Å²) in [5.41, 5.74) is -0.464. The van der Waals surface area contributed by atoms with Crippen molar-refractivity contribution in [3.63, 3.8) is 0 Å². The van der Waals surface area contributed by atoms with E-state index < -0.39 is 11.8 Å². The van der Waals surface area contributed by atoms with Crippen molar-refractivity contribution in [2.24, 2.45) is 5.92 Å². The van der Waals surface area contributed by atoms with E-state index in [1.54, 1.807) is 4.90 Å². The molecule has 1 aliphatic heterocycles. The van der Waals surface area contributed by atoms with Crippen LogP contribution in [0.1, 0.15) is 33.6 Å². The molecule has 3 unspecified atom stereocenters. The van der Waals surface area contributed by atoms with Gasteiger partial charge in [-0.05, 0) is 33.6 Å². The van der Waals surface area contributed by atoms with Crippen LogP contribution < -0.4 is 0 Å². The van der Waals surface area contributed by atoms with Gasteiger partial charge in [0.2, 0.25) is 0 Å². The van der Waals surface area contributed by atoms with E-state index in [9.17, 15) is 9.18 Å². The number of nitrogens with zero attached hydrogens (tertiary/aromatic N) is 1. The maximum Gasteiger partial charge on any atom is 0.410 e. The van der Waals surface area contributed by atoms with Gasteiger partial charge in [-0.1, -0.05) is 0 Å². The Morgan fingerprint density at radius 2 is 2.07 bits per heavy atom. The van der Waals surface area contributed by atoms with Crippen molar-refractivity contribution in [3.05, 3.63) is 0 Å². The summed E-state index contributed by atoms with van der Waals surface area (Å²) in [5, 5.41) is 0. The second kappa shape index (κ2) is 3.35. The van der Waals surface area contributed by atoms with E-state index in [0.717, 1.165) is 6.42 Å². The van der Waals surface area contributed by atoms with E-state index in [1.165, 1.54) is 0 Å². The average Bonchev–Trinajstić information content (AvgIpc) is 2.58. The van der Waals surface area contributed by atoms with Gasteiger partial charge in [-0.2, -0.15) is 0 Å². The molecule has 1 amide bonds. The maximum absolute atomic E-state index is 13.2. The number of halogens is 1. The fourth-order valence-electron chi connectivity index (χ4n) is 2.43. The highest BCUT2D eigenvalue weighted by Crippen LogP contribution is 2.40. The molecule has 0 radical (unpaired) electrons. The minimum Gasteiger partial charge on any atom is -0.444 e. The van der Waals surface area contributed by atoms with Crippen LogP contribution in [-0.2, 0) is 4.74 Å². The molecule has 2 aliphatic rings. The summed E-state index contributed by atoms with van der Waals surface area (Å²) in [4.78, 5) is 13.4. The quantitative estimate of drug-likeness (QED) is 0.620. The number of hydrogen-bond donors (Lipinski definition) is 0. The summed E-state index contributed by atoms with van der Waals surface area (Å²) < 4.78 is 18.5. The Morgan fingerprint density at radius 1 is 1.40 bits per heavy atom. The SMILES string of the molecule is CC(C)(C)OC(=O)N1CC2CC1CC2F. The molecule has 3 atom stereocenters. The van der Waals surface area contributed by atoms with Gasteiger partial charge in [0.15, 0.2) is 0 Å². The van der Waals surface area contributed by atoms with Gasteiger partial charge in [0, 0.05) is 18.5 Å². The Balaban J connectivity index is 1.94. The smallest absolute Gasteiger partial charge is 0.410 e. The molecule has 2 fully saturated rings. The van der Waals surface area contributed by atoms with Gasteiger partial charge >= 0.3 is 6.09 Å². The highest BCUT2D eigenvalue weighted by molar-refractivity contribution is 5.69. The van der Waals surface area contributed by atoms with Crippen LogP contribution in [0.15, 0.2) is 0 Å². The number of carbonyl (C=O) groups excluding carboxylic acids is 1. The maximum atomic E-state index is 13.2. The molecule has 1 saturated heterocycles. The van der Waals surface area contributed by atoms with Crippen LogP contribution in [-0.4, -0.2) is 35.4 Å². The van der Waals surface area contributed by atoms with Crippen molar-refractivity contribution in [1.82, 2.24) is 4.90 Å². The monoisotopic (exact) mass is 215 g/mol. The van der Waals surface area contributed by atoms with E-state index in [1.807, 2.05) is 20.8 Å². The Labute approximate surface area is 89.6 Å². The molecule has 0 spiro atoms. The summed E-state index contributed by atoms with van der Waals surface area (Å²) in [6.07, 6.45) is 0.292. The van der Waals surface area contributed by atoms with E-state index >= 15 is 0 Å². The molecule has 1 saturated carbocycles. The first-order valence-electron chi connectivity index (χ1n) is 5.50. The average molecular weight is 215 g/mol. The van der Waals surface area contributed by atoms with Gasteiger partial charge in [-0.15, -0.1) is 0 Å². The second-order valence-corrected chi connectivity index (χ2v) is 5.53. The Morgan fingerprint density at radius 3 is 2.47 bits per heavy atom. The van der Waals surface area contributed by atoms with Crippen molar-refractivity contribution >= 4 is 6.09 Å². The van der Waals surface area contributed by atoms with E-state index in [0.29, 0.717) is 13.0 Å². The third kappa shape index (κ3) is 2.08. The summed E-state index contributed by atoms with van der Waals surface area (Å²) in [6, 6.07) is 0.0693. The Hall–Kier alpha value is -0.800. The molecule has 4 heteroatoms. The number of carbonyl (C=O) groups is 1. The zero-order valence-electron chi connectivity index (χ0n) is 9.50. The van der Waals surface area contributed by atoms with Crippen LogP contribution in [0.25, 0.3) is 0 Å². The van der Waals surface area contributed by atoms with Crippen molar-refractivity contribution in [2.45, 2.75) is 51.4 Å². The number of hydrogen-bond acceptors (Lipinski definition) is 2. The third-order valence-electron chi connectivity index (χ3n) is 3.08. The molecular weight excluding hydrogens is 197 g/mol. The van der Waals surface area contributed by atoms with Gasteiger partial charge in [0.05, 0.1) is 0 Å². The van der Waals surface area contributed by atoms with Gasteiger partial charge in [0.25, 0.3) is 0 Å². The Bertz CT molecular complexity index is 272. The molecule has 1 aliphatic carbocycles. The molecule has 0 aromatic heterocycles. The number of piperidine rings is 1. The molecule has 2 bridgehead atoms. The first-order chi connectivity index (χ1) is 6.87. The van der Waals surface area contributed by atoms with Gasteiger partial charge < -0.3 is 9.64 Å². The predicted octanol–water partition coefficient (Wildman–Crippen LogP) is 2.35. The molecule has 1 heterocycles. The van der Waals surface area contributed by atoms with Crippen LogP contribution in [0.3, 0.4) is 0 Å². The highest BCUT2D eigenvalue weighted by atomic mass is 19.1. The zero-order chi connectivity index (χ0) is 11.2. The van der Waals surface area contributed by atoms with E-state index in [-0.39, 0.29) is 18.1 Å². The van der Waals surface area contributed by atoms with Crippen LogP contribution in [0.5, 0.6) is 0 Å². The lowest BCUT2D eigenvalue weighted by Gasteiger charge is -2.31. The number of ether oxygens (including phenoxy) is 1. The normalized spacial score (nSPS) is 34.7. The fourth-order valence-corrected chi connectivity index (χ4v) is 2.43. The summed E-state index contributed by atoms with van der Waals surface area (Å²) in [7, 11) is 0. The summed E-state index contributed by atoms with van der Waals surface area (Å²) >= 11 is 0. The van der Waals surface area contributed by atoms with Crippen LogP contribution in [0.4, 0.5) is 9.18 Å². The number of amides is 1. The molecule has 0 aromatic carbocycles. The largest absolute Gasteiger partial charge is 0.444 e. The van der Waals surface area contributed by atoms with Gasteiger partial charge in [-0.3, -0.25) is 0 Å². The van der Waals surface area contributed by atoms with E-state index in [2.05, 4.69) is 0 Å². The topological polar surface area (TPSA) is 29.5 Å². The van der Waals surface area contributed by atoms with Crippen molar-refractivity contribution in [1.29, 1.82) is 0 Å². The number of alkyl halides is 1. The number of rotatable bonds is 0. The lowest BCUT2D eigenvalue weighted by atomic mass is 10.1. The highest BCUT2D eigenvalue weighted by Gasteiger charge is 2.47. The lowest BCUT2D eigenvalue weighted by Crippen LogP contribution is -2.43. The zero-order valence-corrected chi connectivity index (χ0v) is 9.50. The van der Waals surface area contributed by atoms with Gasteiger partial charge in [-0.25, -0.2) is 9.18 Å². The first-order valence-corrected chi connectivity index (χ1v) is 5.50. The second-order valence-electron chi connectivity index (χ2n) is 5.53. The number of fused-ring (bicyclic) bond motifs is 2. The predicted molar refractivity (Wildman–Crippen MR) is 54.3 cm³/mol. The third-order valence-corrected chi connectivity index (χ3v) is 3.08. The fraction of sp³-hybridized carbons (Fsp3) is 0.909. The standard InChI is InChI=1S/C11H18FNO2/c1-11(2,3)15-10(14)13-6-7-4-8(13)5-9(7)12/h7-9H,4-6H2,1-3H3. The van der Waals surface area contributed by atoms with Crippen molar-refractivity contribution < 1.29 is 13.9 Å². The molecule has 2 rings (SSSR count). The summed E-state index contributed by atoms with van der Waals surface area (Å²) in [5.74, 6) is 0.0440. The molecule has 15 heavy (non-hydrogen) atoms.